The number of fused-ring (bicyclic) bond motifs is 4. The number of hydrogen-bond donors (Lipinski definition) is 0. The fourth-order valence-electron chi connectivity index (χ4n) is 7.74. The number of benzene rings is 3. The Morgan fingerprint density at radius 3 is 2.43 bits per heavy atom. The molecule has 1 saturated carbocycles. The van der Waals surface area contributed by atoms with Gasteiger partial charge in [0.15, 0.2) is 5.82 Å². The molecule has 2 bridgehead atoms. The van der Waals surface area contributed by atoms with Crippen molar-refractivity contribution < 1.29 is 26.2 Å². The average Bonchev–Trinajstić information content (AvgIpc) is 3.61. The van der Waals surface area contributed by atoms with Gasteiger partial charge in [0.05, 0.1) is 10.3 Å². The van der Waals surface area contributed by atoms with Crippen LogP contribution in [0.3, 0.4) is 0 Å². The quantitative estimate of drug-likeness (QED) is 0.157. The van der Waals surface area contributed by atoms with Gasteiger partial charge in [-0.3, -0.25) is 9.88 Å². The summed E-state index contributed by atoms with van der Waals surface area (Å²) >= 11 is 6.61. The van der Waals surface area contributed by atoms with E-state index in [1.54, 1.807) is 12.3 Å². The zero-order valence-electron chi connectivity index (χ0n) is 26.7. The van der Waals surface area contributed by atoms with Gasteiger partial charge >= 0.3 is 16.2 Å². The van der Waals surface area contributed by atoms with Gasteiger partial charge in [-0.1, -0.05) is 41.9 Å². The van der Waals surface area contributed by atoms with Crippen molar-refractivity contribution in [2.45, 2.75) is 42.7 Å². The molecule has 0 amide bonds. The summed E-state index contributed by atoms with van der Waals surface area (Å²) in [5, 5.41) is 2.66. The number of ether oxygens (including phenoxy) is 2. The summed E-state index contributed by atoms with van der Waals surface area (Å²) in [6.07, 6.45) is 5.64. The van der Waals surface area contributed by atoms with E-state index < -0.39 is 20.9 Å². The zero-order chi connectivity index (χ0) is 33.9. The molecule has 0 radical (unpaired) electrons. The van der Waals surface area contributed by atoms with E-state index >= 15 is 4.39 Å². The molecule has 3 aliphatic rings. The van der Waals surface area contributed by atoms with Crippen LogP contribution in [-0.2, 0) is 10.2 Å². The average molecular weight is 706 g/mol. The Morgan fingerprint density at radius 2 is 1.69 bits per heavy atom. The van der Waals surface area contributed by atoms with Gasteiger partial charge in [0.2, 0.25) is 0 Å². The Labute approximate surface area is 288 Å². The second-order valence-corrected chi connectivity index (χ2v) is 15.1. The molecule has 2 saturated heterocycles. The van der Waals surface area contributed by atoms with Gasteiger partial charge in [0, 0.05) is 54.3 Å². The van der Waals surface area contributed by atoms with E-state index in [4.69, 9.17) is 26.1 Å². The third kappa shape index (κ3) is 6.26. The molecule has 2 unspecified atom stereocenters. The first-order chi connectivity index (χ1) is 23.6. The Balaban J connectivity index is 1.09. The predicted molar refractivity (Wildman–Crippen MR) is 184 cm³/mol. The van der Waals surface area contributed by atoms with Gasteiger partial charge in [-0.05, 0) is 73.9 Å². The van der Waals surface area contributed by atoms with Crippen LogP contribution in [0, 0.1) is 17.7 Å². The van der Waals surface area contributed by atoms with Crippen LogP contribution in [-0.4, -0.2) is 73.7 Å². The minimum absolute atomic E-state index is 0.0558. The second kappa shape index (κ2) is 12.6. The number of anilines is 1. The molecular formula is C36H34ClF2N5O4S. The molecule has 0 spiro atoms. The summed E-state index contributed by atoms with van der Waals surface area (Å²) in [5.41, 5.74) is 0.889. The van der Waals surface area contributed by atoms with Crippen molar-refractivity contribution in [1.29, 1.82) is 0 Å². The molecule has 3 aromatic carbocycles. The summed E-state index contributed by atoms with van der Waals surface area (Å²) in [6.45, 7) is 2.51. The van der Waals surface area contributed by atoms with Crippen LogP contribution in [0.5, 0.6) is 11.8 Å². The van der Waals surface area contributed by atoms with E-state index in [1.165, 1.54) is 43.5 Å². The smallest absolute Gasteiger partial charge is 0.332 e. The standard InChI is InChI=1S/C36H34ClF2N5O4S/c1-43-19-26(48-25-10-12-27(13-11-25)49(39,45)46)15-24(43)20-47-36-41-34-29(35(42-36)44-17-21-8-9-22(14-21)18-44)16-40-33(32(34)38)28-6-2-4-23-5-3-7-30(37)31(23)28/h2-7,10-13,16,21-22,24,26H,8-9,14-15,17-20H2,1H3/t21?,22?,24-,26+/m0/s1. The molecule has 4 atom stereocenters. The largest absolute Gasteiger partial charge is 0.489 e. The van der Waals surface area contributed by atoms with E-state index in [9.17, 15) is 12.3 Å². The summed E-state index contributed by atoms with van der Waals surface area (Å²) in [6, 6.07) is 16.5. The highest BCUT2D eigenvalue weighted by molar-refractivity contribution is 7.86. The number of aromatic nitrogens is 3. The van der Waals surface area contributed by atoms with Gasteiger partial charge < -0.3 is 14.4 Å². The van der Waals surface area contributed by atoms with Gasteiger partial charge in [0.1, 0.15) is 35.5 Å². The van der Waals surface area contributed by atoms with E-state index in [0.717, 1.165) is 23.9 Å². The molecule has 254 valence electrons. The van der Waals surface area contributed by atoms with Crippen molar-refractivity contribution >= 4 is 49.3 Å². The fraction of sp³-hybridized carbons (Fsp3) is 0.361. The number of likely N-dealkylation sites (tertiary alicyclic amines) is 1. The fourth-order valence-corrected chi connectivity index (χ4v) is 8.49. The van der Waals surface area contributed by atoms with Crippen LogP contribution in [0.25, 0.3) is 32.9 Å². The van der Waals surface area contributed by atoms with E-state index in [0.29, 0.717) is 52.3 Å². The SMILES string of the molecule is CN1C[C@H](Oc2ccc(S(=O)(=O)F)cc2)C[C@H]1COc1nc(N2CC3CCC(C3)C2)c2cnc(-c3cccc4cccc(Cl)c34)c(F)c2n1. The Bertz CT molecular complexity index is 2160. The summed E-state index contributed by atoms with van der Waals surface area (Å²) < 4.78 is 64.7. The molecule has 13 heteroatoms. The zero-order valence-corrected chi connectivity index (χ0v) is 28.3. The highest BCUT2D eigenvalue weighted by Gasteiger charge is 2.36. The Hall–Kier alpha value is -4.13. The number of rotatable bonds is 8. The molecule has 4 heterocycles. The minimum atomic E-state index is -4.78. The van der Waals surface area contributed by atoms with Crippen LogP contribution < -0.4 is 14.4 Å². The van der Waals surface area contributed by atoms with Gasteiger partial charge in [-0.15, -0.1) is 3.89 Å². The summed E-state index contributed by atoms with van der Waals surface area (Å²) in [4.78, 5) is 18.1. The normalized spacial score (nSPS) is 22.7. The van der Waals surface area contributed by atoms with Crippen LogP contribution >= 0.6 is 11.6 Å². The third-order valence-corrected chi connectivity index (χ3v) is 11.3. The van der Waals surface area contributed by atoms with Crippen molar-refractivity contribution in [3.05, 3.63) is 77.7 Å². The lowest BCUT2D eigenvalue weighted by molar-refractivity contribution is 0.188. The number of halogens is 3. The van der Waals surface area contributed by atoms with Crippen molar-refractivity contribution in [1.82, 2.24) is 19.9 Å². The topological polar surface area (TPSA) is 97.8 Å². The van der Waals surface area contributed by atoms with Gasteiger partial charge in [-0.2, -0.15) is 18.4 Å². The number of likely N-dealkylation sites (N-methyl/N-ethyl adjacent to an activating group) is 1. The molecule has 9 nitrogen and oxygen atoms in total. The van der Waals surface area contributed by atoms with Gasteiger partial charge in [-0.25, -0.2) is 4.39 Å². The molecule has 0 N–H and O–H groups in total. The molecule has 8 rings (SSSR count). The monoisotopic (exact) mass is 705 g/mol. The lowest BCUT2D eigenvalue weighted by Crippen LogP contribution is -2.37. The van der Waals surface area contributed by atoms with Crippen LogP contribution in [0.2, 0.25) is 5.02 Å². The maximum Gasteiger partial charge on any atom is 0.332 e. The van der Waals surface area contributed by atoms with E-state index in [-0.39, 0.29) is 36.0 Å². The highest BCUT2D eigenvalue weighted by atomic mass is 35.5. The summed E-state index contributed by atoms with van der Waals surface area (Å²) in [5.74, 6) is 1.66. The first kappa shape index (κ1) is 32.1. The number of piperidine rings is 1. The summed E-state index contributed by atoms with van der Waals surface area (Å²) in [7, 11) is -2.82. The number of nitrogens with zero attached hydrogens (tertiary/aromatic N) is 5. The van der Waals surface area contributed by atoms with E-state index in [1.807, 2.05) is 37.4 Å². The van der Waals surface area contributed by atoms with Crippen LogP contribution in [0.1, 0.15) is 25.7 Å². The molecule has 2 aromatic heterocycles. The van der Waals surface area contributed by atoms with Crippen molar-refractivity contribution in [3.63, 3.8) is 0 Å². The molecule has 3 fully saturated rings. The lowest BCUT2D eigenvalue weighted by atomic mass is 9.98. The van der Waals surface area contributed by atoms with Crippen molar-refractivity contribution in [2.24, 2.45) is 11.8 Å². The first-order valence-electron chi connectivity index (χ1n) is 16.4. The Kier molecular flexibility index (Phi) is 8.28. The van der Waals surface area contributed by atoms with Crippen molar-refractivity contribution in [2.75, 3.05) is 38.2 Å². The van der Waals surface area contributed by atoms with Crippen LogP contribution in [0.4, 0.5) is 14.1 Å². The van der Waals surface area contributed by atoms with Crippen molar-refractivity contribution in [3.8, 4) is 23.0 Å². The molecular weight excluding hydrogens is 672 g/mol. The number of pyridine rings is 1. The lowest BCUT2D eigenvalue weighted by Gasteiger charge is -2.33. The molecule has 5 aromatic rings. The maximum atomic E-state index is 16.7. The van der Waals surface area contributed by atoms with Crippen LogP contribution in [0.15, 0.2) is 71.8 Å². The third-order valence-electron chi connectivity index (χ3n) is 10.1. The maximum absolute atomic E-state index is 16.7. The minimum Gasteiger partial charge on any atom is -0.489 e. The molecule has 49 heavy (non-hydrogen) atoms. The highest BCUT2D eigenvalue weighted by Crippen LogP contribution is 2.41. The predicted octanol–water partition coefficient (Wildman–Crippen LogP) is 7.06. The second-order valence-electron chi connectivity index (χ2n) is 13.4. The van der Waals surface area contributed by atoms with E-state index in [2.05, 4.69) is 19.8 Å². The first-order valence-corrected chi connectivity index (χ1v) is 18.2. The molecule has 2 aliphatic heterocycles. The Morgan fingerprint density at radius 1 is 0.959 bits per heavy atom. The number of hydrogen-bond acceptors (Lipinski definition) is 9. The molecule has 1 aliphatic carbocycles. The van der Waals surface area contributed by atoms with Gasteiger partial charge in [0.25, 0.3) is 0 Å².